The van der Waals surface area contributed by atoms with Gasteiger partial charge in [0.15, 0.2) is 15.0 Å². The maximum Gasteiger partial charge on any atom is 0.323 e. The van der Waals surface area contributed by atoms with E-state index in [1.54, 1.807) is 19.1 Å². The molecule has 1 saturated carbocycles. The smallest absolute Gasteiger partial charge is 0.323 e. The standard InChI is InChI=1S/C26H36ClN3O5S2/c1-16(2)14-21(25(32)35-19-8-5-6-9-19)28-13-7-10-23(31)30-26-29-17(3)24(36-26)18-11-12-20(27)22(15-18)37(4,33)34/h11-12,15-16,19,21,28H,5-10,13-14H2,1-4H3,(H,29,30,31)/t21-/m1/s1. The molecule has 1 aliphatic rings. The van der Waals surface area contributed by atoms with Crippen molar-refractivity contribution in [1.29, 1.82) is 0 Å². The molecule has 1 aromatic carbocycles. The molecule has 1 amide bonds. The van der Waals surface area contributed by atoms with Crippen LogP contribution >= 0.6 is 22.9 Å². The van der Waals surface area contributed by atoms with Gasteiger partial charge in [0, 0.05) is 12.7 Å². The van der Waals surface area contributed by atoms with E-state index in [-0.39, 0.29) is 40.4 Å². The van der Waals surface area contributed by atoms with Crippen LogP contribution in [0.5, 0.6) is 0 Å². The first-order chi connectivity index (χ1) is 17.4. The first kappa shape index (κ1) is 29.5. The second kappa shape index (κ2) is 13.2. The SMILES string of the molecule is Cc1nc(NC(=O)CCCN[C@H](CC(C)C)C(=O)OC2CCCC2)sc1-c1ccc(Cl)c(S(C)(=O)=O)c1. The summed E-state index contributed by atoms with van der Waals surface area (Å²) in [6.07, 6.45) is 6.76. The topological polar surface area (TPSA) is 114 Å². The lowest BCUT2D eigenvalue weighted by molar-refractivity contribution is -0.151. The Hall–Kier alpha value is -2.01. The van der Waals surface area contributed by atoms with E-state index in [1.165, 1.54) is 17.4 Å². The molecule has 0 radical (unpaired) electrons. The van der Waals surface area contributed by atoms with Crippen molar-refractivity contribution in [1.82, 2.24) is 10.3 Å². The lowest BCUT2D eigenvalue weighted by Crippen LogP contribution is -2.41. The number of halogens is 1. The number of amides is 1. The number of aryl methyl sites for hydroxylation is 1. The first-order valence-electron chi connectivity index (χ1n) is 12.6. The Kier molecular flexibility index (Phi) is 10.5. The third-order valence-electron chi connectivity index (χ3n) is 6.18. The van der Waals surface area contributed by atoms with E-state index in [0.717, 1.165) is 36.8 Å². The molecule has 0 spiro atoms. The zero-order valence-electron chi connectivity index (χ0n) is 21.8. The molecule has 8 nitrogen and oxygen atoms in total. The number of carbonyl (C=O) groups is 2. The molecule has 2 aromatic rings. The van der Waals surface area contributed by atoms with Crippen LogP contribution in [0.4, 0.5) is 5.13 Å². The second-order valence-electron chi connectivity index (χ2n) is 9.98. The predicted molar refractivity (Wildman–Crippen MR) is 148 cm³/mol. The zero-order chi connectivity index (χ0) is 27.2. The molecular formula is C26H36ClN3O5S2. The Morgan fingerprint density at radius 3 is 2.59 bits per heavy atom. The highest BCUT2D eigenvalue weighted by molar-refractivity contribution is 7.90. The van der Waals surface area contributed by atoms with Crippen molar-refractivity contribution in [3.8, 4) is 10.4 Å². The van der Waals surface area contributed by atoms with Crippen molar-refractivity contribution in [2.24, 2.45) is 5.92 Å². The van der Waals surface area contributed by atoms with Gasteiger partial charge in [0.25, 0.3) is 0 Å². The van der Waals surface area contributed by atoms with Crippen molar-refractivity contribution < 1.29 is 22.7 Å². The predicted octanol–water partition coefficient (Wildman–Crippen LogP) is 5.38. The van der Waals surface area contributed by atoms with Crippen LogP contribution in [-0.4, -0.2) is 50.2 Å². The fourth-order valence-corrected chi connectivity index (χ4v) is 6.62. The van der Waals surface area contributed by atoms with Crippen LogP contribution in [0.1, 0.15) is 64.5 Å². The van der Waals surface area contributed by atoms with Gasteiger partial charge in [-0.25, -0.2) is 13.4 Å². The third kappa shape index (κ3) is 8.77. The van der Waals surface area contributed by atoms with E-state index < -0.39 is 9.84 Å². The molecule has 11 heteroatoms. The minimum atomic E-state index is -3.48. The van der Waals surface area contributed by atoms with E-state index in [4.69, 9.17) is 16.3 Å². The molecule has 2 N–H and O–H groups in total. The second-order valence-corrected chi connectivity index (χ2v) is 13.4. The van der Waals surface area contributed by atoms with Crippen LogP contribution < -0.4 is 10.6 Å². The summed E-state index contributed by atoms with van der Waals surface area (Å²) in [6.45, 7) is 6.47. The van der Waals surface area contributed by atoms with Crippen LogP contribution in [0.15, 0.2) is 23.1 Å². The summed E-state index contributed by atoms with van der Waals surface area (Å²) in [7, 11) is -3.48. The molecule has 3 rings (SSSR count). The molecule has 0 unspecified atom stereocenters. The molecule has 0 aliphatic heterocycles. The highest BCUT2D eigenvalue weighted by Gasteiger charge is 2.26. The number of carbonyl (C=O) groups excluding carboxylic acids is 2. The van der Waals surface area contributed by atoms with E-state index in [0.29, 0.717) is 41.7 Å². The number of anilines is 1. The van der Waals surface area contributed by atoms with Gasteiger partial charge in [-0.3, -0.25) is 9.59 Å². The molecule has 204 valence electrons. The minimum Gasteiger partial charge on any atom is -0.461 e. The van der Waals surface area contributed by atoms with Crippen molar-refractivity contribution >= 4 is 49.8 Å². The Bertz CT molecular complexity index is 1210. The summed E-state index contributed by atoms with van der Waals surface area (Å²) < 4.78 is 29.7. The molecule has 1 atom stereocenters. The molecule has 0 bridgehead atoms. The van der Waals surface area contributed by atoms with Crippen molar-refractivity contribution in [2.75, 3.05) is 18.1 Å². The van der Waals surface area contributed by atoms with Crippen LogP contribution in [0, 0.1) is 12.8 Å². The summed E-state index contributed by atoms with van der Waals surface area (Å²) in [6, 6.07) is 4.44. The molecular weight excluding hydrogens is 534 g/mol. The van der Waals surface area contributed by atoms with Crippen molar-refractivity contribution in [3.63, 3.8) is 0 Å². The van der Waals surface area contributed by atoms with E-state index in [1.807, 2.05) is 0 Å². The zero-order valence-corrected chi connectivity index (χ0v) is 24.2. The van der Waals surface area contributed by atoms with Crippen LogP contribution in [-0.2, 0) is 24.2 Å². The van der Waals surface area contributed by atoms with Gasteiger partial charge in [-0.1, -0.05) is 42.9 Å². The number of benzene rings is 1. The summed E-state index contributed by atoms with van der Waals surface area (Å²) in [4.78, 5) is 30.4. The number of nitrogens with one attached hydrogen (secondary N) is 2. The Labute approximate surface area is 228 Å². The van der Waals surface area contributed by atoms with Gasteiger partial charge in [-0.15, -0.1) is 0 Å². The van der Waals surface area contributed by atoms with Gasteiger partial charge >= 0.3 is 5.97 Å². The van der Waals surface area contributed by atoms with Gasteiger partial charge in [-0.05, 0) is 75.6 Å². The number of hydrogen-bond acceptors (Lipinski definition) is 8. The number of hydrogen-bond donors (Lipinski definition) is 2. The van der Waals surface area contributed by atoms with Gasteiger partial charge in [-0.2, -0.15) is 0 Å². The molecule has 1 fully saturated rings. The van der Waals surface area contributed by atoms with Crippen LogP contribution in [0.2, 0.25) is 5.02 Å². The highest BCUT2D eigenvalue weighted by Crippen LogP contribution is 2.35. The van der Waals surface area contributed by atoms with Crippen LogP contribution in [0.25, 0.3) is 10.4 Å². The quantitative estimate of drug-likeness (QED) is 0.260. The summed E-state index contributed by atoms with van der Waals surface area (Å²) in [5.41, 5.74) is 1.35. The maximum atomic E-state index is 12.6. The first-order valence-corrected chi connectivity index (χ1v) is 15.7. The van der Waals surface area contributed by atoms with Crippen molar-refractivity contribution in [2.45, 2.75) is 82.8 Å². The number of sulfone groups is 1. The normalized spacial score (nSPS) is 15.2. The Balaban J connectivity index is 1.52. The van der Waals surface area contributed by atoms with Gasteiger partial charge < -0.3 is 15.4 Å². The summed E-state index contributed by atoms with van der Waals surface area (Å²) in [5.74, 6) is -0.0329. The number of aromatic nitrogens is 1. The fourth-order valence-electron chi connectivity index (χ4n) is 4.34. The number of nitrogens with zero attached hydrogens (tertiary/aromatic N) is 1. The number of rotatable bonds is 12. The van der Waals surface area contributed by atoms with E-state index >= 15 is 0 Å². The minimum absolute atomic E-state index is 0.0345. The molecule has 1 heterocycles. The highest BCUT2D eigenvalue weighted by atomic mass is 35.5. The molecule has 1 aliphatic carbocycles. The Morgan fingerprint density at radius 1 is 1.24 bits per heavy atom. The maximum absolute atomic E-state index is 12.6. The van der Waals surface area contributed by atoms with E-state index in [9.17, 15) is 18.0 Å². The van der Waals surface area contributed by atoms with Crippen molar-refractivity contribution in [3.05, 3.63) is 28.9 Å². The fraction of sp³-hybridized carbons (Fsp3) is 0.577. The average Bonchev–Trinajstić information content (AvgIpc) is 3.44. The molecule has 0 saturated heterocycles. The van der Waals surface area contributed by atoms with E-state index in [2.05, 4.69) is 29.5 Å². The average molecular weight is 570 g/mol. The number of esters is 1. The van der Waals surface area contributed by atoms with Gasteiger partial charge in [0.1, 0.15) is 12.1 Å². The monoisotopic (exact) mass is 569 g/mol. The van der Waals surface area contributed by atoms with Gasteiger partial charge in [0.05, 0.1) is 20.5 Å². The Morgan fingerprint density at radius 2 is 1.95 bits per heavy atom. The number of ether oxygens (including phenoxy) is 1. The third-order valence-corrected chi connectivity index (χ3v) is 8.88. The lowest BCUT2D eigenvalue weighted by atomic mass is 10.0. The van der Waals surface area contributed by atoms with Crippen LogP contribution in [0.3, 0.4) is 0 Å². The molecule has 37 heavy (non-hydrogen) atoms. The summed E-state index contributed by atoms with van der Waals surface area (Å²) in [5, 5.41) is 6.71. The largest absolute Gasteiger partial charge is 0.461 e. The lowest BCUT2D eigenvalue weighted by Gasteiger charge is -2.21. The molecule has 1 aromatic heterocycles. The van der Waals surface area contributed by atoms with Gasteiger partial charge in [0.2, 0.25) is 5.91 Å². The summed E-state index contributed by atoms with van der Waals surface area (Å²) >= 11 is 7.34. The number of thiazole rings is 1.